The quantitative estimate of drug-likeness (QED) is 0.168. The molecule has 2 aromatic heterocycles. The smallest absolute Gasteiger partial charge is 0.337 e. The third-order valence-electron chi connectivity index (χ3n) is 8.68. The van der Waals surface area contributed by atoms with E-state index < -0.39 is 24.2 Å². The molecule has 0 amide bonds. The maximum Gasteiger partial charge on any atom is 0.337 e. The first-order valence-corrected chi connectivity index (χ1v) is 22.7. The molecule has 3 heterocycles. The zero-order valence-electron chi connectivity index (χ0n) is 28.3. The van der Waals surface area contributed by atoms with E-state index in [1.54, 1.807) is 6.33 Å². The molecule has 13 heteroatoms. The van der Waals surface area contributed by atoms with Crippen molar-refractivity contribution in [3.8, 4) is 0 Å². The van der Waals surface area contributed by atoms with Crippen molar-refractivity contribution >= 4 is 35.4 Å². The van der Waals surface area contributed by atoms with Gasteiger partial charge in [-0.1, -0.05) is 41.5 Å². The number of hydrogen-bond donors (Lipinski definition) is 0. The highest BCUT2D eigenvalue weighted by Crippen LogP contribution is 2.54. The average Bonchev–Trinajstić information content (AvgIpc) is 3.39. The number of aromatic nitrogens is 4. The number of nitrogens with zero attached hydrogens (tertiary/aromatic N) is 4. The monoisotopic (exact) mass is 642 g/mol. The molecule has 10 nitrogen and oxygen atoms in total. The van der Waals surface area contributed by atoms with Crippen LogP contribution in [0.3, 0.4) is 0 Å². The fourth-order valence-corrected chi connectivity index (χ4v) is 8.81. The first-order chi connectivity index (χ1) is 19.1. The molecule has 42 heavy (non-hydrogen) atoms. The summed E-state index contributed by atoms with van der Waals surface area (Å²) >= 11 is 0. The fourth-order valence-electron chi connectivity index (χ4n) is 4.36. The van der Waals surface area contributed by atoms with Crippen molar-refractivity contribution in [1.82, 2.24) is 19.5 Å². The Morgan fingerprint density at radius 2 is 1.52 bits per heavy atom. The van der Waals surface area contributed by atoms with Crippen LogP contribution in [0.25, 0.3) is 11.2 Å². The topological polar surface area (TPSA) is 107 Å². The van der Waals surface area contributed by atoms with E-state index in [2.05, 4.69) is 82.7 Å². The van der Waals surface area contributed by atoms with Crippen molar-refractivity contribution < 1.29 is 27.2 Å². The van der Waals surface area contributed by atoms with Crippen molar-refractivity contribution in [2.75, 3.05) is 6.61 Å². The minimum Gasteiger partial charge on any atom is -0.414 e. The van der Waals surface area contributed by atoms with E-state index in [1.807, 2.05) is 32.3 Å². The van der Waals surface area contributed by atoms with Crippen LogP contribution in [0.15, 0.2) is 12.7 Å². The van der Waals surface area contributed by atoms with Gasteiger partial charge in [-0.05, 0) is 64.0 Å². The normalized spacial score (nSPS) is 21.3. The lowest BCUT2D eigenvalue weighted by Gasteiger charge is -2.40. The van der Waals surface area contributed by atoms with Gasteiger partial charge in [-0.3, -0.25) is 9.13 Å². The first-order valence-electron chi connectivity index (χ1n) is 15.1. The molecule has 0 saturated carbocycles. The molecule has 1 aliphatic heterocycles. The van der Waals surface area contributed by atoms with E-state index in [0.29, 0.717) is 29.9 Å². The molecule has 0 N–H and O–H groups in total. The van der Waals surface area contributed by atoms with Gasteiger partial charge in [-0.2, -0.15) is 0 Å². The highest BCUT2D eigenvalue weighted by atomic mass is 31.2. The van der Waals surface area contributed by atoms with Gasteiger partial charge in [0.2, 0.25) is 0 Å². The average molecular weight is 643 g/mol. The molecule has 0 spiro atoms. The van der Waals surface area contributed by atoms with Gasteiger partial charge in [-0.15, -0.1) is 0 Å². The summed E-state index contributed by atoms with van der Waals surface area (Å²) in [5, 5.41) is 0.149. The van der Waals surface area contributed by atoms with Gasteiger partial charge < -0.3 is 22.6 Å². The molecular formula is C29H55N4O6PSi2. The predicted molar refractivity (Wildman–Crippen MR) is 173 cm³/mol. The third kappa shape index (κ3) is 8.38. The number of hydrogen-bond acceptors (Lipinski definition) is 9. The van der Waals surface area contributed by atoms with Gasteiger partial charge in [0.25, 0.3) is 0 Å². The highest BCUT2D eigenvalue weighted by molar-refractivity contribution is 7.53. The van der Waals surface area contributed by atoms with E-state index in [0.717, 1.165) is 0 Å². The molecule has 1 fully saturated rings. The summed E-state index contributed by atoms with van der Waals surface area (Å²) in [6.45, 7) is 30.4. The van der Waals surface area contributed by atoms with Gasteiger partial charge in [0.15, 0.2) is 22.3 Å². The SMILES string of the molecule is CC(C)OP(=O)(Cc1ncnc2c1ncn2[C@H]1C[C@H](O[Si](C)(C)C(C)(C)C)[C@@H](CO[Si](C)(C)C(C)(C)C)O1)OC(C)C. The molecule has 0 aliphatic carbocycles. The Morgan fingerprint density at radius 1 is 0.952 bits per heavy atom. The second-order valence-corrected chi connectivity index (χ2v) is 26.6. The summed E-state index contributed by atoms with van der Waals surface area (Å²) in [5.41, 5.74) is 1.69. The summed E-state index contributed by atoms with van der Waals surface area (Å²) < 4.78 is 47.4. The van der Waals surface area contributed by atoms with Crippen LogP contribution in [0.5, 0.6) is 0 Å². The van der Waals surface area contributed by atoms with Crippen LogP contribution >= 0.6 is 7.60 Å². The number of rotatable bonds is 12. The lowest BCUT2D eigenvalue weighted by atomic mass is 10.2. The van der Waals surface area contributed by atoms with Gasteiger partial charge in [0, 0.05) is 6.42 Å². The molecule has 3 atom stereocenters. The van der Waals surface area contributed by atoms with Crippen LogP contribution in [0.4, 0.5) is 0 Å². The zero-order chi connectivity index (χ0) is 31.9. The minimum absolute atomic E-state index is 0.00496. The lowest BCUT2D eigenvalue weighted by Crippen LogP contribution is -2.48. The summed E-state index contributed by atoms with van der Waals surface area (Å²) in [7, 11) is -7.56. The molecular weight excluding hydrogens is 587 g/mol. The van der Waals surface area contributed by atoms with E-state index in [4.69, 9.17) is 22.6 Å². The molecule has 0 aromatic carbocycles. The van der Waals surface area contributed by atoms with Crippen molar-refractivity contribution in [3.63, 3.8) is 0 Å². The number of fused-ring (bicyclic) bond motifs is 1. The Balaban J connectivity index is 1.93. The van der Waals surface area contributed by atoms with Crippen molar-refractivity contribution in [2.24, 2.45) is 0 Å². The number of ether oxygens (including phenoxy) is 1. The van der Waals surface area contributed by atoms with Gasteiger partial charge in [-0.25, -0.2) is 15.0 Å². The summed E-state index contributed by atoms with van der Waals surface area (Å²) in [5.74, 6) is 0. The Morgan fingerprint density at radius 3 is 2.05 bits per heavy atom. The fraction of sp³-hybridized carbons (Fsp3) is 0.828. The second kappa shape index (κ2) is 12.8. The van der Waals surface area contributed by atoms with E-state index in [9.17, 15) is 4.57 Å². The molecule has 2 aromatic rings. The summed E-state index contributed by atoms with van der Waals surface area (Å²) in [6.07, 6.45) is 2.63. The Bertz CT molecular complexity index is 1240. The first kappa shape index (κ1) is 35.5. The van der Waals surface area contributed by atoms with Crippen LogP contribution in [0.2, 0.25) is 36.3 Å². The molecule has 1 saturated heterocycles. The standard InChI is InChI=1S/C29H55N4O6PSi2/c1-20(2)37-40(34,38-21(3)4)17-22-26-27(31-18-30-22)33(19-32-26)25-15-23(39-42(13,14)29(8,9)10)24(36-25)16-35-41(11,12)28(5,6)7/h18-21,23-25H,15-17H2,1-14H3/t23-,24+,25+/m0/s1. The molecule has 0 bridgehead atoms. The maximum atomic E-state index is 13.6. The Kier molecular flexibility index (Phi) is 10.8. The van der Waals surface area contributed by atoms with E-state index in [1.165, 1.54) is 6.33 Å². The maximum absolute atomic E-state index is 13.6. The molecule has 3 rings (SSSR count). The number of imidazole rings is 1. The summed E-state index contributed by atoms with van der Waals surface area (Å²) in [6, 6.07) is 0. The van der Waals surface area contributed by atoms with E-state index >= 15 is 0 Å². The van der Waals surface area contributed by atoms with Gasteiger partial charge in [0.05, 0.1) is 43.1 Å². The Hall–Kier alpha value is -0.986. The molecule has 0 radical (unpaired) electrons. The second-order valence-electron chi connectivity index (χ2n) is 15.1. The Labute approximate surface area is 255 Å². The van der Waals surface area contributed by atoms with Crippen LogP contribution in [-0.2, 0) is 33.4 Å². The third-order valence-corrected chi connectivity index (χ3v) is 19.9. The molecule has 240 valence electrons. The lowest BCUT2D eigenvalue weighted by molar-refractivity contribution is -0.0383. The van der Waals surface area contributed by atoms with Crippen LogP contribution in [0.1, 0.15) is 87.6 Å². The zero-order valence-corrected chi connectivity index (χ0v) is 31.2. The van der Waals surface area contributed by atoms with Crippen molar-refractivity contribution in [3.05, 3.63) is 18.3 Å². The van der Waals surface area contributed by atoms with Gasteiger partial charge in [0.1, 0.15) is 24.2 Å². The predicted octanol–water partition coefficient (Wildman–Crippen LogP) is 8.07. The van der Waals surface area contributed by atoms with Gasteiger partial charge >= 0.3 is 7.60 Å². The largest absolute Gasteiger partial charge is 0.414 e. The molecule has 1 aliphatic rings. The summed E-state index contributed by atoms with van der Waals surface area (Å²) in [4.78, 5) is 13.7. The van der Waals surface area contributed by atoms with Crippen molar-refractivity contribution in [1.29, 1.82) is 0 Å². The molecule has 0 unspecified atom stereocenters. The van der Waals surface area contributed by atoms with Crippen molar-refractivity contribution in [2.45, 2.75) is 149 Å². The highest BCUT2D eigenvalue weighted by Gasteiger charge is 2.47. The van der Waals surface area contributed by atoms with E-state index in [-0.39, 0.29) is 46.9 Å². The van der Waals surface area contributed by atoms with Crippen LogP contribution in [-0.4, -0.2) is 67.2 Å². The van der Waals surface area contributed by atoms with Crippen LogP contribution in [0, 0.1) is 0 Å². The van der Waals surface area contributed by atoms with Crippen LogP contribution < -0.4 is 0 Å². The minimum atomic E-state index is -3.47.